The van der Waals surface area contributed by atoms with Crippen molar-refractivity contribution < 1.29 is 27.5 Å². The first-order valence-electron chi connectivity index (χ1n) is 8.31. The molecule has 0 spiro atoms. The average molecular weight is 359 g/mol. The molecule has 1 atom stereocenters. The second-order valence-corrected chi connectivity index (χ2v) is 5.86. The molecule has 0 aliphatic heterocycles. The fourth-order valence-corrected chi connectivity index (χ4v) is 2.41. The van der Waals surface area contributed by atoms with E-state index in [0.29, 0.717) is 12.0 Å². The molecule has 1 rings (SSSR count). The molecule has 1 aromatic carbocycles. The van der Waals surface area contributed by atoms with Gasteiger partial charge in [-0.25, -0.2) is 4.79 Å². The third-order valence-electron chi connectivity index (χ3n) is 3.81. The van der Waals surface area contributed by atoms with Crippen LogP contribution in [-0.4, -0.2) is 25.0 Å². The minimum Gasteiger partial charge on any atom is -0.467 e. The molecule has 0 aliphatic rings. The maximum Gasteiger partial charge on any atom is 0.416 e. The number of alkyl halides is 3. The fourth-order valence-electron chi connectivity index (χ4n) is 2.41. The van der Waals surface area contributed by atoms with E-state index >= 15 is 0 Å². The summed E-state index contributed by atoms with van der Waals surface area (Å²) in [6.07, 6.45) is -0.176. The van der Waals surface area contributed by atoms with Crippen LogP contribution >= 0.6 is 0 Å². The summed E-state index contributed by atoms with van der Waals surface area (Å²) in [5, 5.41) is 2.60. The van der Waals surface area contributed by atoms with Gasteiger partial charge < -0.3 is 10.1 Å². The van der Waals surface area contributed by atoms with E-state index in [1.165, 1.54) is 19.2 Å². The monoisotopic (exact) mass is 359 g/mol. The van der Waals surface area contributed by atoms with Crippen LogP contribution in [0, 0.1) is 0 Å². The Bertz CT molecular complexity index is 556. The van der Waals surface area contributed by atoms with Gasteiger partial charge in [-0.3, -0.25) is 4.79 Å². The molecule has 0 aromatic heterocycles. The number of halogens is 3. The molecule has 1 aromatic rings. The highest BCUT2D eigenvalue weighted by Gasteiger charge is 2.30. The summed E-state index contributed by atoms with van der Waals surface area (Å²) in [5.41, 5.74) is -0.319. The molecule has 0 saturated heterocycles. The van der Waals surface area contributed by atoms with E-state index in [4.69, 9.17) is 4.74 Å². The SMILES string of the molecule is CCCCCC[C@H](NC(=O)Cc1ccc(C(F)(F)F)cc1)C(=O)OC. The van der Waals surface area contributed by atoms with Crippen LogP contribution < -0.4 is 5.32 Å². The van der Waals surface area contributed by atoms with Gasteiger partial charge in [0.05, 0.1) is 19.1 Å². The molecule has 140 valence electrons. The van der Waals surface area contributed by atoms with E-state index in [0.717, 1.165) is 37.8 Å². The Labute approximate surface area is 145 Å². The number of carbonyl (C=O) groups excluding carboxylic acids is 2. The number of amides is 1. The van der Waals surface area contributed by atoms with Crippen molar-refractivity contribution in [3.63, 3.8) is 0 Å². The van der Waals surface area contributed by atoms with Crippen molar-refractivity contribution in [3.8, 4) is 0 Å². The lowest BCUT2D eigenvalue weighted by Gasteiger charge is -2.16. The highest BCUT2D eigenvalue weighted by Crippen LogP contribution is 2.29. The third kappa shape index (κ3) is 7.58. The topological polar surface area (TPSA) is 55.4 Å². The number of rotatable bonds is 9. The molecule has 0 unspecified atom stereocenters. The van der Waals surface area contributed by atoms with Crippen LogP contribution in [0.15, 0.2) is 24.3 Å². The van der Waals surface area contributed by atoms with Gasteiger partial charge in [0.2, 0.25) is 5.91 Å². The second kappa shape index (κ2) is 10.1. The first-order chi connectivity index (χ1) is 11.8. The molecule has 0 radical (unpaired) electrons. The number of methoxy groups -OCH3 is 1. The summed E-state index contributed by atoms with van der Waals surface area (Å²) in [4.78, 5) is 23.8. The normalized spacial score (nSPS) is 12.5. The van der Waals surface area contributed by atoms with Gasteiger partial charge in [-0.15, -0.1) is 0 Å². The lowest BCUT2D eigenvalue weighted by molar-refractivity contribution is -0.145. The van der Waals surface area contributed by atoms with Crippen LogP contribution in [-0.2, 0) is 26.9 Å². The van der Waals surface area contributed by atoms with Gasteiger partial charge >= 0.3 is 12.1 Å². The standard InChI is InChI=1S/C18H24F3NO3/c1-3-4-5-6-7-15(17(24)25-2)22-16(23)12-13-8-10-14(11-9-13)18(19,20)21/h8-11,15H,3-7,12H2,1-2H3,(H,22,23)/t15-/m0/s1. The Morgan fingerprint density at radius 1 is 1.12 bits per heavy atom. The van der Waals surface area contributed by atoms with Crippen molar-refractivity contribution in [2.75, 3.05) is 7.11 Å². The summed E-state index contributed by atoms with van der Waals surface area (Å²) in [6.45, 7) is 2.07. The number of nitrogens with one attached hydrogen (secondary N) is 1. The Morgan fingerprint density at radius 3 is 2.28 bits per heavy atom. The lowest BCUT2D eigenvalue weighted by atomic mass is 10.1. The third-order valence-corrected chi connectivity index (χ3v) is 3.81. The van der Waals surface area contributed by atoms with Gasteiger partial charge in [-0.05, 0) is 24.1 Å². The quantitative estimate of drug-likeness (QED) is 0.538. The molecule has 1 N–H and O–H groups in total. The van der Waals surface area contributed by atoms with E-state index in [9.17, 15) is 22.8 Å². The predicted octanol–water partition coefficient (Wildman–Crippen LogP) is 3.88. The smallest absolute Gasteiger partial charge is 0.416 e. The van der Waals surface area contributed by atoms with Crippen LogP contribution in [0.1, 0.15) is 50.2 Å². The summed E-state index contributed by atoms with van der Waals surface area (Å²) >= 11 is 0. The molecule has 0 aliphatic carbocycles. The molecule has 0 bridgehead atoms. The van der Waals surface area contributed by atoms with Crippen LogP contribution in [0.4, 0.5) is 13.2 Å². The van der Waals surface area contributed by atoms with Gasteiger partial charge in [-0.2, -0.15) is 13.2 Å². The Kier molecular flexibility index (Phi) is 8.45. The number of ether oxygens (including phenoxy) is 1. The van der Waals surface area contributed by atoms with Gasteiger partial charge in [0.15, 0.2) is 0 Å². The summed E-state index contributed by atoms with van der Waals surface area (Å²) in [5.74, 6) is -0.942. The number of benzene rings is 1. The van der Waals surface area contributed by atoms with Crippen molar-refractivity contribution in [2.24, 2.45) is 0 Å². The minimum atomic E-state index is -4.41. The number of carbonyl (C=O) groups is 2. The van der Waals surface area contributed by atoms with E-state index in [-0.39, 0.29) is 6.42 Å². The molecule has 25 heavy (non-hydrogen) atoms. The molecular weight excluding hydrogens is 335 g/mol. The Hall–Kier alpha value is -2.05. The number of hydrogen-bond donors (Lipinski definition) is 1. The van der Waals surface area contributed by atoms with Gasteiger partial charge in [-0.1, -0.05) is 44.7 Å². The van der Waals surface area contributed by atoms with E-state index in [2.05, 4.69) is 12.2 Å². The van der Waals surface area contributed by atoms with E-state index in [1.807, 2.05) is 0 Å². The lowest BCUT2D eigenvalue weighted by Crippen LogP contribution is -2.42. The van der Waals surface area contributed by atoms with Crippen molar-refractivity contribution in [2.45, 2.75) is 57.7 Å². The highest BCUT2D eigenvalue weighted by atomic mass is 19.4. The molecule has 4 nitrogen and oxygen atoms in total. The molecule has 0 saturated carbocycles. The van der Waals surface area contributed by atoms with E-state index in [1.54, 1.807) is 0 Å². The summed E-state index contributed by atoms with van der Waals surface area (Å²) < 4.78 is 42.3. The van der Waals surface area contributed by atoms with Gasteiger partial charge in [0.1, 0.15) is 6.04 Å². The molecular formula is C18H24F3NO3. The first kappa shape index (κ1) is 21.0. The zero-order valence-corrected chi connectivity index (χ0v) is 14.5. The van der Waals surface area contributed by atoms with Crippen LogP contribution in [0.2, 0.25) is 0 Å². The minimum absolute atomic E-state index is 0.0966. The first-order valence-corrected chi connectivity index (χ1v) is 8.31. The molecule has 1 amide bonds. The molecule has 0 heterocycles. The van der Waals surface area contributed by atoms with Crippen molar-refractivity contribution in [3.05, 3.63) is 35.4 Å². The second-order valence-electron chi connectivity index (χ2n) is 5.86. The molecule has 0 fully saturated rings. The van der Waals surface area contributed by atoms with Gasteiger partial charge in [0.25, 0.3) is 0 Å². The predicted molar refractivity (Wildman–Crippen MR) is 87.9 cm³/mol. The maximum atomic E-state index is 12.5. The fraction of sp³-hybridized carbons (Fsp3) is 0.556. The van der Waals surface area contributed by atoms with Crippen LogP contribution in [0.5, 0.6) is 0 Å². The van der Waals surface area contributed by atoms with Gasteiger partial charge in [0, 0.05) is 0 Å². The summed E-state index contributed by atoms with van der Waals surface area (Å²) in [7, 11) is 1.25. The van der Waals surface area contributed by atoms with Crippen molar-refractivity contribution >= 4 is 11.9 Å². The molecule has 7 heteroatoms. The summed E-state index contributed by atoms with van der Waals surface area (Å²) in [6, 6.07) is 3.66. The zero-order chi connectivity index (χ0) is 18.9. The Morgan fingerprint density at radius 2 is 1.76 bits per heavy atom. The number of esters is 1. The van der Waals surface area contributed by atoms with Crippen LogP contribution in [0.25, 0.3) is 0 Å². The highest BCUT2D eigenvalue weighted by molar-refractivity contribution is 5.85. The number of unbranched alkanes of at least 4 members (excludes halogenated alkanes) is 3. The van der Waals surface area contributed by atoms with E-state index < -0.39 is 29.7 Å². The van der Waals surface area contributed by atoms with Crippen molar-refractivity contribution in [1.29, 1.82) is 0 Å². The zero-order valence-electron chi connectivity index (χ0n) is 14.5. The largest absolute Gasteiger partial charge is 0.467 e. The average Bonchev–Trinajstić information content (AvgIpc) is 2.56. The van der Waals surface area contributed by atoms with Crippen molar-refractivity contribution in [1.82, 2.24) is 5.32 Å². The maximum absolute atomic E-state index is 12.5. The van der Waals surface area contributed by atoms with Crippen LogP contribution in [0.3, 0.4) is 0 Å². The number of hydrogen-bond acceptors (Lipinski definition) is 3. The Balaban J connectivity index is 2.60.